The van der Waals surface area contributed by atoms with Crippen molar-refractivity contribution >= 4 is 11.8 Å². The second kappa shape index (κ2) is 12.8. The Hall–Kier alpha value is -0.320. The largest absolute Gasteiger partial charge is 0.460 e. The Morgan fingerprint density at radius 1 is 0.613 bits per heavy atom. The summed E-state index contributed by atoms with van der Waals surface area (Å²) < 4.78 is 116. The molecule has 0 saturated heterocycles. The first-order valence-electron chi connectivity index (χ1n) is 10.6. The minimum absolute atomic E-state index is 0.307. The van der Waals surface area contributed by atoms with E-state index in [4.69, 9.17) is 0 Å². The molecule has 0 fully saturated rings. The van der Waals surface area contributed by atoms with E-state index in [2.05, 4.69) is 6.92 Å². The molecule has 188 valence electrons. The third-order valence-electron chi connectivity index (χ3n) is 5.23. The van der Waals surface area contributed by atoms with Crippen LogP contribution in [0.3, 0.4) is 0 Å². The number of unbranched alkanes of at least 4 members (excludes halogenated alkanes) is 7. The molecule has 0 heterocycles. The Morgan fingerprint density at radius 3 is 1.58 bits per heavy atom. The third-order valence-corrected chi connectivity index (χ3v) is 6.19. The molecule has 0 aliphatic rings. The zero-order valence-corrected chi connectivity index (χ0v) is 19.3. The van der Waals surface area contributed by atoms with E-state index in [0.717, 1.165) is 37.6 Å². The van der Waals surface area contributed by atoms with E-state index in [9.17, 15) is 39.5 Å². The van der Waals surface area contributed by atoms with Crippen LogP contribution in [0.2, 0.25) is 0 Å². The average molecular weight is 493 g/mol. The van der Waals surface area contributed by atoms with Crippen LogP contribution >= 0.6 is 11.8 Å². The fraction of sp³-hybridized carbons (Fsp3) is 1.00. The fourth-order valence-corrected chi connectivity index (χ4v) is 4.19. The van der Waals surface area contributed by atoms with Crippen LogP contribution in [0, 0.1) is 0 Å². The maximum atomic E-state index is 13.5. The Balaban J connectivity index is 4.23. The van der Waals surface area contributed by atoms with Crippen molar-refractivity contribution in [1.82, 2.24) is 0 Å². The zero-order chi connectivity index (χ0) is 24.4. The van der Waals surface area contributed by atoms with Crippen LogP contribution in [-0.4, -0.2) is 67.1 Å². The number of quaternary nitrogens is 1. The van der Waals surface area contributed by atoms with Gasteiger partial charge in [-0.15, -0.1) is 0 Å². The summed E-state index contributed by atoms with van der Waals surface area (Å²) >= 11 is 0.841. The Labute approximate surface area is 183 Å². The van der Waals surface area contributed by atoms with E-state index >= 15 is 0 Å². The fourth-order valence-electron chi connectivity index (χ4n) is 2.96. The predicted octanol–water partition coefficient (Wildman–Crippen LogP) is 7.80. The van der Waals surface area contributed by atoms with Gasteiger partial charge in [-0.3, -0.25) is 0 Å². The first-order valence-corrected chi connectivity index (χ1v) is 11.8. The number of hydrogen-bond acceptors (Lipinski definition) is 1. The van der Waals surface area contributed by atoms with Gasteiger partial charge in [0.1, 0.15) is 0 Å². The molecule has 0 aromatic carbocycles. The molecule has 0 unspecified atom stereocenters. The molecule has 0 radical (unpaired) electrons. The SMILES string of the molecule is CCCCCCCCCC[N+](C)(C)CCSCCC(F)(F)C(F)(F)C(F)(F)C(F)(F)F. The van der Waals surface area contributed by atoms with E-state index in [1.165, 1.54) is 32.1 Å². The van der Waals surface area contributed by atoms with Crippen LogP contribution in [0.5, 0.6) is 0 Å². The van der Waals surface area contributed by atoms with Crippen molar-refractivity contribution in [3.63, 3.8) is 0 Å². The van der Waals surface area contributed by atoms with Crippen LogP contribution in [0.25, 0.3) is 0 Å². The van der Waals surface area contributed by atoms with E-state index in [-0.39, 0.29) is 0 Å². The van der Waals surface area contributed by atoms with Crippen LogP contribution < -0.4 is 0 Å². The van der Waals surface area contributed by atoms with Crippen molar-refractivity contribution in [2.24, 2.45) is 0 Å². The normalized spacial score (nSPS) is 14.3. The monoisotopic (exact) mass is 492 g/mol. The highest BCUT2D eigenvalue weighted by atomic mass is 32.2. The number of nitrogens with zero attached hydrogens (tertiary/aromatic N) is 1. The number of hydrogen-bond donors (Lipinski definition) is 0. The smallest absolute Gasteiger partial charge is 0.328 e. The zero-order valence-electron chi connectivity index (χ0n) is 18.4. The van der Waals surface area contributed by atoms with Gasteiger partial charge in [0.25, 0.3) is 0 Å². The summed E-state index contributed by atoms with van der Waals surface area (Å²) in [7, 11) is 3.88. The third kappa shape index (κ3) is 10.0. The number of halogens is 9. The van der Waals surface area contributed by atoms with Crippen molar-refractivity contribution in [3.05, 3.63) is 0 Å². The molecule has 1 nitrogen and oxygen atoms in total. The summed E-state index contributed by atoms with van der Waals surface area (Å²) in [6, 6.07) is 0. The van der Waals surface area contributed by atoms with Gasteiger partial charge in [-0.05, 0) is 18.6 Å². The number of alkyl halides is 9. The van der Waals surface area contributed by atoms with Gasteiger partial charge in [-0.2, -0.15) is 51.3 Å². The molecule has 0 N–H and O–H groups in total. The lowest BCUT2D eigenvalue weighted by atomic mass is 10.0. The van der Waals surface area contributed by atoms with Crippen molar-refractivity contribution in [2.75, 3.05) is 38.7 Å². The lowest BCUT2D eigenvalue weighted by Gasteiger charge is -2.33. The lowest BCUT2D eigenvalue weighted by molar-refractivity contribution is -0.888. The second-order valence-corrected chi connectivity index (χ2v) is 9.80. The predicted molar refractivity (Wildman–Crippen MR) is 107 cm³/mol. The molecule has 0 spiro atoms. The van der Waals surface area contributed by atoms with Gasteiger partial charge >= 0.3 is 23.9 Å². The summed E-state index contributed by atoms with van der Waals surface area (Å²) in [6.45, 7) is 3.55. The summed E-state index contributed by atoms with van der Waals surface area (Å²) in [6.07, 6.45) is 0.790. The molecule has 0 aromatic heterocycles. The molecule has 0 aliphatic heterocycles. The van der Waals surface area contributed by atoms with Crippen LogP contribution in [0.1, 0.15) is 64.7 Å². The quantitative estimate of drug-likeness (QED) is 0.113. The standard InChI is InChI=1S/C20H35F9NS/c1-4-5-6-7-8-9-10-11-13-30(2,3)14-16-31-15-12-17(21,22)18(23,24)19(25,26)20(27,28)29/h4-16H2,1-3H3/q+1. The molecule has 11 heteroatoms. The highest BCUT2D eigenvalue weighted by molar-refractivity contribution is 7.99. The molecular formula is C20H35F9NS+. The molecule has 0 bridgehead atoms. The lowest BCUT2D eigenvalue weighted by Crippen LogP contribution is -2.60. The average Bonchev–Trinajstić information content (AvgIpc) is 2.62. The second-order valence-electron chi connectivity index (χ2n) is 8.57. The van der Waals surface area contributed by atoms with Crippen molar-refractivity contribution < 1.29 is 44.0 Å². The topological polar surface area (TPSA) is 0 Å². The van der Waals surface area contributed by atoms with Gasteiger partial charge in [0.2, 0.25) is 0 Å². The summed E-state index contributed by atoms with van der Waals surface area (Å²) in [5, 5.41) is 0. The van der Waals surface area contributed by atoms with Crippen LogP contribution in [-0.2, 0) is 0 Å². The van der Waals surface area contributed by atoms with Crippen molar-refractivity contribution in [2.45, 2.75) is 88.7 Å². The first-order chi connectivity index (χ1) is 14.0. The van der Waals surface area contributed by atoms with Gasteiger partial charge in [-0.1, -0.05) is 45.4 Å². The molecule has 0 amide bonds. The maximum absolute atomic E-state index is 13.5. The Bertz CT molecular complexity index is 494. The van der Waals surface area contributed by atoms with Gasteiger partial charge in [0, 0.05) is 12.2 Å². The first kappa shape index (κ1) is 30.7. The molecule has 0 aromatic rings. The van der Waals surface area contributed by atoms with Crippen molar-refractivity contribution in [1.29, 1.82) is 0 Å². The summed E-state index contributed by atoms with van der Waals surface area (Å²) in [4.78, 5) is 0. The molecule has 0 saturated carbocycles. The maximum Gasteiger partial charge on any atom is 0.460 e. The Morgan fingerprint density at radius 2 is 1.10 bits per heavy atom. The number of thioether (sulfide) groups is 1. The molecule has 31 heavy (non-hydrogen) atoms. The molecular weight excluding hydrogens is 457 g/mol. The molecule has 0 aliphatic carbocycles. The van der Waals surface area contributed by atoms with Gasteiger partial charge < -0.3 is 4.48 Å². The molecule has 0 rings (SSSR count). The summed E-state index contributed by atoms with van der Waals surface area (Å²) in [5.74, 6) is -19.1. The summed E-state index contributed by atoms with van der Waals surface area (Å²) in [5.41, 5.74) is 0. The minimum Gasteiger partial charge on any atom is -0.328 e. The van der Waals surface area contributed by atoms with E-state index in [1.807, 2.05) is 14.1 Å². The van der Waals surface area contributed by atoms with Gasteiger partial charge in [0.05, 0.1) is 27.2 Å². The van der Waals surface area contributed by atoms with E-state index in [1.54, 1.807) is 0 Å². The number of rotatable bonds is 17. The highest BCUT2D eigenvalue weighted by Gasteiger charge is 2.81. The highest BCUT2D eigenvalue weighted by Crippen LogP contribution is 2.54. The van der Waals surface area contributed by atoms with E-state index in [0.29, 0.717) is 16.8 Å². The van der Waals surface area contributed by atoms with Gasteiger partial charge in [-0.25, -0.2) is 0 Å². The minimum atomic E-state index is -6.80. The van der Waals surface area contributed by atoms with Gasteiger partial charge in [0.15, 0.2) is 0 Å². The molecule has 0 atom stereocenters. The van der Waals surface area contributed by atoms with Crippen molar-refractivity contribution in [3.8, 4) is 0 Å². The van der Waals surface area contributed by atoms with Crippen LogP contribution in [0.4, 0.5) is 39.5 Å². The van der Waals surface area contributed by atoms with E-state index < -0.39 is 36.1 Å². The Kier molecular flexibility index (Phi) is 12.7. The van der Waals surface area contributed by atoms with Crippen LogP contribution in [0.15, 0.2) is 0 Å².